The fraction of sp³-hybridized carbons (Fsp3) is 0.200. The summed E-state index contributed by atoms with van der Waals surface area (Å²) in [6.45, 7) is 0.777. The predicted octanol–water partition coefficient (Wildman–Crippen LogP) is 0.472. The maximum Gasteiger partial charge on any atom is 0.269 e. The highest BCUT2D eigenvalue weighted by Crippen LogP contribution is 2.20. The van der Waals surface area contributed by atoms with Gasteiger partial charge in [0.05, 0.1) is 11.6 Å². The third-order valence-electron chi connectivity index (χ3n) is 4.84. The van der Waals surface area contributed by atoms with Crippen molar-refractivity contribution in [1.29, 1.82) is 0 Å². The van der Waals surface area contributed by atoms with Crippen molar-refractivity contribution < 1.29 is 14.4 Å². The van der Waals surface area contributed by atoms with E-state index in [4.69, 9.17) is 0 Å². The third-order valence-corrected chi connectivity index (χ3v) is 4.84. The van der Waals surface area contributed by atoms with Crippen molar-refractivity contribution in [3.63, 3.8) is 0 Å². The van der Waals surface area contributed by atoms with Gasteiger partial charge in [-0.05, 0) is 40.3 Å². The van der Waals surface area contributed by atoms with E-state index in [2.05, 4.69) is 26.4 Å². The SMILES string of the molecule is O=C(NNC(=O)C1CC(=O)N(Cc2ccccc2)C1)c1ccc(-n2cnnn2)cc1. The highest BCUT2D eigenvalue weighted by atomic mass is 16.2. The second kappa shape index (κ2) is 8.52. The van der Waals surface area contributed by atoms with Gasteiger partial charge in [0.25, 0.3) is 5.91 Å². The predicted molar refractivity (Wildman–Crippen MR) is 105 cm³/mol. The normalized spacial score (nSPS) is 15.8. The van der Waals surface area contributed by atoms with E-state index in [0.717, 1.165) is 5.56 Å². The Morgan fingerprint density at radius 1 is 1.03 bits per heavy atom. The van der Waals surface area contributed by atoms with E-state index in [0.29, 0.717) is 24.3 Å². The molecule has 1 aliphatic rings. The Kier molecular flexibility index (Phi) is 5.46. The summed E-state index contributed by atoms with van der Waals surface area (Å²) in [4.78, 5) is 38.6. The Hall–Kier alpha value is -4.08. The fourth-order valence-corrected chi connectivity index (χ4v) is 3.24. The van der Waals surface area contributed by atoms with E-state index in [1.165, 1.54) is 11.0 Å². The number of rotatable bonds is 5. The molecule has 1 aromatic heterocycles. The zero-order valence-electron chi connectivity index (χ0n) is 15.9. The average molecular weight is 405 g/mol. The number of hydrogen-bond acceptors (Lipinski definition) is 6. The van der Waals surface area contributed by atoms with Gasteiger partial charge in [-0.3, -0.25) is 25.2 Å². The highest BCUT2D eigenvalue weighted by Gasteiger charge is 2.34. The molecule has 1 aliphatic heterocycles. The molecule has 2 aromatic carbocycles. The molecule has 0 spiro atoms. The minimum atomic E-state index is -0.510. The van der Waals surface area contributed by atoms with Crippen LogP contribution in [0, 0.1) is 5.92 Å². The molecule has 3 aromatic rings. The molecule has 10 heteroatoms. The van der Waals surface area contributed by atoms with E-state index < -0.39 is 17.7 Å². The van der Waals surface area contributed by atoms with Crippen LogP contribution in [0.15, 0.2) is 60.9 Å². The van der Waals surface area contributed by atoms with Crippen molar-refractivity contribution in [1.82, 2.24) is 36.0 Å². The Labute approximate surface area is 171 Å². The van der Waals surface area contributed by atoms with Crippen LogP contribution in [0.2, 0.25) is 0 Å². The standard InChI is InChI=1S/C20H19N7O3/c28-18-10-16(12-26(18)11-14-4-2-1-3-5-14)20(30)23-22-19(29)15-6-8-17(9-7-15)27-13-21-24-25-27/h1-9,13,16H,10-12H2,(H,22,29)(H,23,30). The van der Waals surface area contributed by atoms with Gasteiger partial charge in [-0.1, -0.05) is 30.3 Å². The van der Waals surface area contributed by atoms with Crippen molar-refractivity contribution >= 4 is 17.7 Å². The molecular weight excluding hydrogens is 386 g/mol. The molecule has 0 aliphatic carbocycles. The lowest BCUT2D eigenvalue weighted by atomic mass is 10.1. The second-order valence-electron chi connectivity index (χ2n) is 6.91. The van der Waals surface area contributed by atoms with Crippen molar-refractivity contribution in [2.75, 3.05) is 6.54 Å². The molecule has 152 valence electrons. The van der Waals surface area contributed by atoms with Gasteiger partial charge in [-0.15, -0.1) is 5.10 Å². The number of hydrazine groups is 1. The van der Waals surface area contributed by atoms with Crippen LogP contribution in [0.5, 0.6) is 0 Å². The summed E-state index contributed by atoms with van der Waals surface area (Å²) >= 11 is 0. The van der Waals surface area contributed by atoms with Gasteiger partial charge in [-0.2, -0.15) is 0 Å². The molecule has 1 unspecified atom stereocenters. The van der Waals surface area contributed by atoms with Crippen LogP contribution in [0.4, 0.5) is 0 Å². The molecule has 1 saturated heterocycles. The largest absolute Gasteiger partial charge is 0.338 e. The number of nitrogens with one attached hydrogen (secondary N) is 2. The number of nitrogens with zero attached hydrogens (tertiary/aromatic N) is 5. The molecule has 0 bridgehead atoms. The summed E-state index contributed by atoms with van der Waals surface area (Å²) in [5.74, 6) is -1.44. The zero-order chi connectivity index (χ0) is 20.9. The molecule has 0 saturated carbocycles. The highest BCUT2D eigenvalue weighted by molar-refractivity contribution is 5.96. The summed E-state index contributed by atoms with van der Waals surface area (Å²) in [6, 6.07) is 16.2. The molecule has 4 rings (SSSR count). The lowest BCUT2D eigenvalue weighted by molar-refractivity contribution is -0.129. The van der Waals surface area contributed by atoms with Crippen LogP contribution >= 0.6 is 0 Å². The number of amides is 3. The van der Waals surface area contributed by atoms with Gasteiger partial charge in [0.2, 0.25) is 11.8 Å². The summed E-state index contributed by atoms with van der Waals surface area (Å²) in [6.07, 6.45) is 1.56. The Morgan fingerprint density at radius 2 is 1.80 bits per heavy atom. The maximum atomic E-state index is 12.4. The number of tetrazole rings is 1. The Balaban J connectivity index is 1.29. The number of carbonyl (C=O) groups excluding carboxylic acids is 3. The monoisotopic (exact) mass is 405 g/mol. The Morgan fingerprint density at radius 3 is 2.50 bits per heavy atom. The molecule has 2 N–H and O–H groups in total. The zero-order valence-corrected chi connectivity index (χ0v) is 15.9. The first-order chi connectivity index (χ1) is 14.6. The maximum absolute atomic E-state index is 12.4. The minimum absolute atomic E-state index is 0.0801. The number of carbonyl (C=O) groups is 3. The van der Waals surface area contributed by atoms with Crippen molar-refractivity contribution in [3.8, 4) is 5.69 Å². The second-order valence-corrected chi connectivity index (χ2v) is 6.91. The molecule has 1 atom stereocenters. The molecule has 1 fully saturated rings. The fourth-order valence-electron chi connectivity index (χ4n) is 3.24. The first kappa shape index (κ1) is 19.2. The van der Waals surface area contributed by atoms with Crippen LogP contribution in [0.3, 0.4) is 0 Å². The van der Waals surface area contributed by atoms with E-state index in [1.807, 2.05) is 30.3 Å². The van der Waals surface area contributed by atoms with Crippen LogP contribution in [-0.4, -0.2) is 49.4 Å². The Bertz CT molecular complexity index is 1040. The van der Waals surface area contributed by atoms with Crippen LogP contribution < -0.4 is 10.9 Å². The first-order valence-electron chi connectivity index (χ1n) is 9.35. The molecule has 10 nitrogen and oxygen atoms in total. The van der Waals surface area contributed by atoms with Gasteiger partial charge >= 0.3 is 0 Å². The van der Waals surface area contributed by atoms with Crippen LogP contribution in [0.1, 0.15) is 22.3 Å². The lowest BCUT2D eigenvalue weighted by Crippen LogP contribution is -2.45. The molecule has 0 radical (unpaired) electrons. The average Bonchev–Trinajstić information content (AvgIpc) is 3.43. The summed E-state index contributed by atoms with van der Waals surface area (Å²) in [5.41, 5.74) is 6.87. The van der Waals surface area contributed by atoms with E-state index in [1.54, 1.807) is 29.2 Å². The topological polar surface area (TPSA) is 122 Å². The molecule has 2 heterocycles. The van der Waals surface area contributed by atoms with E-state index in [-0.39, 0.29) is 12.3 Å². The summed E-state index contributed by atoms with van der Waals surface area (Å²) in [7, 11) is 0. The van der Waals surface area contributed by atoms with Crippen LogP contribution in [-0.2, 0) is 16.1 Å². The molecular formula is C20H19N7O3. The van der Waals surface area contributed by atoms with Gasteiger partial charge in [0.15, 0.2) is 0 Å². The lowest BCUT2D eigenvalue weighted by Gasteiger charge is -2.16. The van der Waals surface area contributed by atoms with E-state index >= 15 is 0 Å². The number of likely N-dealkylation sites (tertiary alicyclic amines) is 1. The smallest absolute Gasteiger partial charge is 0.269 e. The van der Waals surface area contributed by atoms with Crippen molar-refractivity contribution in [2.24, 2.45) is 5.92 Å². The van der Waals surface area contributed by atoms with Gasteiger partial charge in [0.1, 0.15) is 6.33 Å². The molecule has 3 amide bonds. The van der Waals surface area contributed by atoms with E-state index in [9.17, 15) is 14.4 Å². The summed E-state index contributed by atoms with van der Waals surface area (Å²) in [5, 5.41) is 10.9. The van der Waals surface area contributed by atoms with Gasteiger partial charge in [0, 0.05) is 25.1 Å². The van der Waals surface area contributed by atoms with Crippen molar-refractivity contribution in [3.05, 3.63) is 72.1 Å². The number of aromatic nitrogens is 4. The quantitative estimate of drug-likeness (QED) is 0.595. The van der Waals surface area contributed by atoms with Gasteiger partial charge in [-0.25, -0.2) is 4.68 Å². The first-order valence-corrected chi connectivity index (χ1v) is 9.35. The molecule has 30 heavy (non-hydrogen) atoms. The third kappa shape index (κ3) is 4.32. The number of hydrogen-bond donors (Lipinski definition) is 2. The minimum Gasteiger partial charge on any atom is -0.338 e. The summed E-state index contributed by atoms with van der Waals surface area (Å²) < 4.78 is 1.46. The van der Waals surface area contributed by atoms with Crippen molar-refractivity contribution in [2.45, 2.75) is 13.0 Å². The number of benzene rings is 2. The van der Waals surface area contributed by atoms with Gasteiger partial charge < -0.3 is 4.90 Å². The van der Waals surface area contributed by atoms with Crippen LogP contribution in [0.25, 0.3) is 5.69 Å².